The molecule has 2 aromatic rings. The van der Waals surface area contributed by atoms with Crippen LogP contribution in [0.1, 0.15) is 32.0 Å². The Morgan fingerprint density at radius 3 is 2.65 bits per heavy atom. The molecule has 0 aliphatic carbocycles. The van der Waals surface area contributed by atoms with Gasteiger partial charge in [0.1, 0.15) is 11.6 Å². The summed E-state index contributed by atoms with van der Waals surface area (Å²) >= 11 is 6.24. The number of benzene rings is 1. The minimum atomic E-state index is -0.146. The van der Waals surface area contributed by atoms with E-state index in [-0.39, 0.29) is 11.5 Å². The van der Waals surface area contributed by atoms with Crippen LogP contribution in [0.15, 0.2) is 18.2 Å². The van der Waals surface area contributed by atoms with Crippen LogP contribution in [0, 0.1) is 0 Å². The summed E-state index contributed by atoms with van der Waals surface area (Å²) in [5, 5.41) is -0.146. The number of methoxy groups -OCH3 is 1. The maximum atomic E-state index is 6.24. The van der Waals surface area contributed by atoms with Crippen molar-refractivity contribution in [2.75, 3.05) is 13.7 Å². The number of fused-ring (bicyclic) bond motifs is 1. The van der Waals surface area contributed by atoms with Gasteiger partial charge in [-0.05, 0) is 32.9 Å². The van der Waals surface area contributed by atoms with Crippen molar-refractivity contribution in [1.29, 1.82) is 0 Å². The maximum Gasteiger partial charge on any atom is 0.127 e. The molecule has 0 radical (unpaired) electrons. The lowest BCUT2D eigenvalue weighted by atomic mass is 10.3. The van der Waals surface area contributed by atoms with Crippen molar-refractivity contribution in [3.8, 4) is 5.75 Å². The van der Waals surface area contributed by atoms with Crippen LogP contribution in [0.2, 0.25) is 0 Å². The number of nitrogens with zero attached hydrogens (tertiary/aromatic N) is 2. The predicted molar refractivity (Wildman–Crippen MR) is 81.6 cm³/mol. The molecule has 20 heavy (non-hydrogen) atoms. The van der Waals surface area contributed by atoms with E-state index in [0.29, 0.717) is 6.61 Å². The van der Waals surface area contributed by atoms with Crippen LogP contribution in [0.3, 0.4) is 0 Å². The highest BCUT2D eigenvalue weighted by molar-refractivity contribution is 6.20. The van der Waals surface area contributed by atoms with Crippen LogP contribution < -0.4 is 4.74 Å². The third-order valence-corrected chi connectivity index (χ3v) is 3.30. The summed E-state index contributed by atoms with van der Waals surface area (Å²) in [7, 11) is 1.65. The van der Waals surface area contributed by atoms with Crippen LogP contribution in [-0.2, 0) is 11.3 Å². The van der Waals surface area contributed by atoms with Gasteiger partial charge in [-0.2, -0.15) is 0 Å². The number of alkyl halides is 1. The van der Waals surface area contributed by atoms with Crippen molar-refractivity contribution in [2.45, 2.75) is 38.8 Å². The third-order valence-electron chi connectivity index (χ3n) is 3.11. The molecule has 1 unspecified atom stereocenters. The standard InChI is InChI=1S/C15H21ClN2O2/c1-10(2)20-8-7-18-14-6-5-12(19-4)9-13(14)17-15(18)11(3)16/h5-6,9-11H,7-8H2,1-4H3. The second-order valence-electron chi connectivity index (χ2n) is 5.01. The largest absolute Gasteiger partial charge is 0.497 e. The molecule has 1 atom stereocenters. The SMILES string of the molecule is COc1ccc2c(c1)nc(C(C)Cl)n2CCOC(C)C. The van der Waals surface area contributed by atoms with Crippen LogP contribution in [0.25, 0.3) is 11.0 Å². The molecule has 110 valence electrons. The summed E-state index contributed by atoms with van der Waals surface area (Å²) in [5.74, 6) is 1.66. The highest BCUT2D eigenvalue weighted by Crippen LogP contribution is 2.27. The van der Waals surface area contributed by atoms with Gasteiger partial charge in [-0.3, -0.25) is 0 Å². The predicted octanol–water partition coefficient (Wildman–Crippen LogP) is 3.77. The number of imidazole rings is 1. The van der Waals surface area contributed by atoms with Crippen LogP contribution >= 0.6 is 11.6 Å². The monoisotopic (exact) mass is 296 g/mol. The van der Waals surface area contributed by atoms with Crippen molar-refractivity contribution in [3.05, 3.63) is 24.0 Å². The molecular weight excluding hydrogens is 276 g/mol. The smallest absolute Gasteiger partial charge is 0.127 e. The Morgan fingerprint density at radius 2 is 2.05 bits per heavy atom. The van der Waals surface area contributed by atoms with E-state index >= 15 is 0 Å². The van der Waals surface area contributed by atoms with Crippen molar-refractivity contribution >= 4 is 22.6 Å². The fourth-order valence-corrected chi connectivity index (χ4v) is 2.34. The van der Waals surface area contributed by atoms with Crippen molar-refractivity contribution < 1.29 is 9.47 Å². The highest BCUT2D eigenvalue weighted by Gasteiger charge is 2.15. The Bertz CT molecular complexity index is 579. The molecule has 0 bridgehead atoms. The second-order valence-corrected chi connectivity index (χ2v) is 5.67. The molecular formula is C15H21ClN2O2. The van der Waals surface area contributed by atoms with Gasteiger partial charge in [0.2, 0.25) is 0 Å². The quantitative estimate of drug-likeness (QED) is 0.761. The molecule has 2 rings (SSSR count). The van der Waals surface area contributed by atoms with Gasteiger partial charge in [-0.1, -0.05) is 0 Å². The van der Waals surface area contributed by atoms with E-state index < -0.39 is 0 Å². The second kappa shape index (κ2) is 6.46. The summed E-state index contributed by atoms with van der Waals surface area (Å²) in [5.41, 5.74) is 1.96. The average Bonchev–Trinajstić information content (AvgIpc) is 2.76. The van der Waals surface area contributed by atoms with Gasteiger partial charge in [-0.15, -0.1) is 11.6 Å². The topological polar surface area (TPSA) is 36.3 Å². The Hall–Kier alpha value is -1.26. The Labute approximate surface area is 124 Å². The Balaban J connectivity index is 2.36. The van der Waals surface area contributed by atoms with Gasteiger partial charge in [0.25, 0.3) is 0 Å². The zero-order chi connectivity index (χ0) is 14.7. The molecule has 0 amide bonds. The Morgan fingerprint density at radius 1 is 1.30 bits per heavy atom. The summed E-state index contributed by atoms with van der Waals surface area (Å²) in [6, 6.07) is 5.88. The molecule has 1 aromatic heterocycles. The lowest BCUT2D eigenvalue weighted by Crippen LogP contribution is -2.13. The molecule has 0 saturated carbocycles. The average molecular weight is 297 g/mol. The molecule has 0 N–H and O–H groups in total. The zero-order valence-electron chi connectivity index (χ0n) is 12.4. The first-order valence-corrected chi connectivity index (χ1v) is 7.26. The first-order chi connectivity index (χ1) is 9.52. The molecule has 0 aliphatic rings. The van der Waals surface area contributed by atoms with E-state index in [4.69, 9.17) is 21.1 Å². The van der Waals surface area contributed by atoms with Gasteiger partial charge in [-0.25, -0.2) is 4.98 Å². The normalized spacial score (nSPS) is 13.1. The van der Waals surface area contributed by atoms with Crippen molar-refractivity contribution in [3.63, 3.8) is 0 Å². The number of rotatable bonds is 6. The molecule has 1 aromatic carbocycles. The van der Waals surface area contributed by atoms with Crippen molar-refractivity contribution in [2.24, 2.45) is 0 Å². The van der Waals surface area contributed by atoms with E-state index in [1.165, 1.54) is 0 Å². The lowest BCUT2D eigenvalue weighted by molar-refractivity contribution is 0.0729. The molecule has 0 aliphatic heterocycles. The van der Waals surface area contributed by atoms with Gasteiger partial charge in [0.15, 0.2) is 0 Å². The van der Waals surface area contributed by atoms with E-state index in [2.05, 4.69) is 9.55 Å². The number of aromatic nitrogens is 2. The summed E-state index contributed by atoms with van der Waals surface area (Å²) in [6.45, 7) is 7.38. The van der Waals surface area contributed by atoms with E-state index in [0.717, 1.165) is 29.2 Å². The lowest BCUT2D eigenvalue weighted by Gasteiger charge is -2.12. The zero-order valence-corrected chi connectivity index (χ0v) is 13.1. The van der Waals surface area contributed by atoms with E-state index in [9.17, 15) is 0 Å². The molecule has 0 saturated heterocycles. The van der Waals surface area contributed by atoms with Crippen LogP contribution in [0.4, 0.5) is 0 Å². The number of ether oxygens (including phenoxy) is 2. The van der Waals surface area contributed by atoms with Gasteiger partial charge in [0.05, 0.1) is 36.2 Å². The molecule has 5 heteroatoms. The summed E-state index contributed by atoms with van der Waals surface area (Å²) in [6.07, 6.45) is 0.224. The number of hydrogen-bond donors (Lipinski definition) is 0. The fourth-order valence-electron chi connectivity index (χ4n) is 2.17. The van der Waals surface area contributed by atoms with E-state index in [1.807, 2.05) is 39.0 Å². The van der Waals surface area contributed by atoms with Crippen molar-refractivity contribution in [1.82, 2.24) is 9.55 Å². The highest BCUT2D eigenvalue weighted by atomic mass is 35.5. The minimum absolute atomic E-state index is 0.146. The van der Waals surface area contributed by atoms with Gasteiger partial charge < -0.3 is 14.0 Å². The molecule has 4 nitrogen and oxygen atoms in total. The minimum Gasteiger partial charge on any atom is -0.497 e. The fraction of sp³-hybridized carbons (Fsp3) is 0.533. The van der Waals surface area contributed by atoms with Crippen LogP contribution in [0.5, 0.6) is 5.75 Å². The Kier molecular flexibility index (Phi) is 4.89. The van der Waals surface area contributed by atoms with Crippen LogP contribution in [-0.4, -0.2) is 29.4 Å². The van der Waals surface area contributed by atoms with E-state index in [1.54, 1.807) is 7.11 Å². The van der Waals surface area contributed by atoms with Gasteiger partial charge >= 0.3 is 0 Å². The summed E-state index contributed by atoms with van der Waals surface area (Å²) < 4.78 is 13.0. The first-order valence-electron chi connectivity index (χ1n) is 6.82. The number of halogens is 1. The first kappa shape index (κ1) is 15.1. The molecule has 0 spiro atoms. The third kappa shape index (κ3) is 3.25. The summed E-state index contributed by atoms with van der Waals surface area (Å²) in [4.78, 5) is 4.61. The molecule has 0 fully saturated rings. The maximum absolute atomic E-state index is 6.24. The number of hydrogen-bond acceptors (Lipinski definition) is 3. The van der Waals surface area contributed by atoms with Gasteiger partial charge in [0, 0.05) is 12.6 Å². The molecule has 1 heterocycles.